The molecule has 1 amide bonds. The molecular weight excluding hydrogens is 325 g/mol. The molecule has 1 fully saturated rings. The molecule has 1 atom stereocenters. The third-order valence-electron chi connectivity index (χ3n) is 3.43. The minimum Gasteiger partial charge on any atom is -0.273 e. The lowest BCUT2D eigenvalue weighted by molar-refractivity contribution is -0.115. The fourth-order valence-corrected chi connectivity index (χ4v) is 3.83. The van der Waals surface area contributed by atoms with E-state index in [1.54, 1.807) is 25.3 Å². The van der Waals surface area contributed by atoms with E-state index in [4.69, 9.17) is 11.6 Å². The lowest BCUT2D eigenvalue weighted by Crippen LogP contribution is -2.30. The first-order valence-corrected chi connectivity index (χ1v) is 8.09. The summed E-state index contributed by atoms with van der Waals surface area (Å²) in [5.74, 6) is -0.0684. The Kier molecular flexibility index (Phi) is 4.06. The minimum absolute atomic E-state index is 0.155. The summed E-state index contributed by atoms with van der Waals surface area (Å²) in [7, 11) is 0. The summed E-state index contributed by atoms with van der Waals surface area (Å²) < 4.78 is 14.3. The zero-order valence-corrected chi connectivity index (χ0v) is 13.6. The Hall–Kier alpha value is -1.66. The monoisotopic (exact) mass is 337 g/mol. The Labute approximate surface area is 136 Å². The smallest absolute Gasteiger partial charge is 0.240 e. The molecule has 114 valence electrons. The second kappa shape index (κ2) is 5.85. The van der Waals surface area contributed by atoms with Gasteiger partial charge in [0, 0.05) is 17.5 Å². The number of aryl methyl sites for hydroxylation is 2. The van der Waals surface area contributed by atoms with Crippen molar-refractivity contribution in [3.8, 4) is 0 Å². The number of halogens is 2. The Bertz CT molecular complexity index is 756. The van der Waals surface area contributed by atoms with Gasteiger partial charge in [0.05, 0.1) is 10.8 Å². The molecule has 0 bridgehead atoms. The van der Waals surface area contributed by atoms with Crippen LogP contribution < -0.4 is 4.90 Å². The second-order valence-corrected chi connectivity index (χ2v) is 6.46. The summed E-state index contributed by atoms with van der Waals surface area (Å²) in [6.45, 7) is 3.62. The summed E-state index contributed by atoms with van der Waals surface area (Å²) in [4.78, 5) is 22.1. The third-order valence-corrected chi connectivity index (χ3v) is 5.11. The highest BCUT2D eigenvalue weighted by Gasteiger charge is 2.38. The number of amides is 1. The van der Waals surface area contributed by atoms with Crippen LogP contribution in [0.5, 0.6) is 0 Å². The van der Waals surface area contributed by atoms with Gasteiger partial charge in [-0.25, -0.2) is 14.4 Å². The van der Waals surface area contributed by atoms with Gasteiger partial charge in [-0.05, 0) is 31.5 Å². The Morgan fingerprint density at radius 3 is 2.86 bits per heavy atom. The fraction of sp³-hybridized carbons (Fsp3) is 0.267. The average molecular weight is 338 g/mol. The topological polar surface area (TPSA) is 46.1 Å². The Morgan fingerprint density at radius 2 is 2.14 bits per heavy atom. The summed E-state index contributed by atoms with van der Waals surface area (Å²) in [6.07, 6.45) is 1.58. The van der Waals surface area contributed by atoms with Crippen LogP contribution in [-0.2, 0) is 4.79 Å². The molecule has 1 aromatic carbocycles. The highest BCUT2D eigenvalue weighted by Crippen LogP contribution is 2.44. The normalized spacial score (nSPS) is 18.1. The first kappa shape index (κ1) is 15.2. The van der Waals surface area contributed by atoms with Crippen molar-refractivity contribution in [2.24, 2.45) is 0 Å². The van der Waals surface area contributed by atoms with Crippen molar-refractivity contribution >= 4 is 35.2 Å². The van der Waals surface area contributed by atoms with Crippen molar-refractivity contribution < 1.29 is 9.18 Å². The molecule has 1 aliphatic heterocycles. The Morgan fingerprint density at radius 1 is 1.36 bits per heavy atom. The van der Waals surface area contributed by atoms with Crippen LogP contribution in [0.4, 0.5) is 10.3 Å². The van der Waals surface area contributed by atoms with E-state index in [2.05, 4.69) is 9.97 Å². The lowest BCUT2D eigenvalue weighted by atomic mass is 10.1. The molecule has 7 heteroatoms. The summed E-state index contributed by atoms with van der Waals surface area (Å²) in [5.41, 5.74) is 1.81. The van der Waals surface area contributed by atoms with E-state index in [0.717, 1.165) is 11.3 Å². The van der Waals surface area contributed by atoms with Gasteiger partial charge in [0.1, 0.15) is 11.2 Å². The van der Waals surface area contributed by atoms with E-state index in [9.17, 15) is 9.18 Å². The molecule has 0 radical (unpaired) electrons. The molecule has 0 aliphatic carbocycles. The van der Waals surface area contributed by atoms with Crippen LogP contribution in [-0.4, -0.2) is 21.6 Å². The molecule has 1 saturated heterocycles. The minimum atomic E-state index is -0.554. The van der Waals surface area contributed by atoms with Crippen molar-refractivity contribution in [3.05, 3.63) is 52.1 Å². The van der Waals surface area contributed by atoms with Gasteiger partial charge in [0.25, 0.3) is 0 Å². The molecule has 1 unspecified atom stereocenters. The molecule has 2 heterocycles. The van der Waals surface area contributed by atoms with E-state index < -0.39 is 11.2 Å². The number of hydrogen-bond acceptors (Lipinski definition) is 4. The standard InChI is InChI=1S/C15H13ClFN3OS/c1-8-3-4-10(17)12(13(8)16)14-20(11(21)7-22-14)15-18-6-5-9(2)19-15/h3-6,14H,7H2,1-2H3. The van der Waals surface area contributed by atoms with Crippen LogP contribution in [0, 0.1) is 19.7 Å². The molecular formula is C15H13ClFN3OS. The van der Waals surface area contributed by atoms with Crippen molar-refractivity contribution in [1.82, 2.24) is 9.97 Å². The third kappa shape index (κ3) is 2.57. The van der Waals surface area contributed by atoms with Crippen LogP contribution in [0.15, 0.2) is 24.4 Å². The summed E-state index contributed by atoms with van der Waals surface area (Å²) >= 11 is 7.60. The number of carbonyl (C=O) groups excluding carboxylic acids is 1. The number of benzene rings is 1. The van der Waals surface area contributed by atoms with Crippen LogP contribution in [0.1, 0.15) is 22.2 Å². The largest absolute Gasteiger partial charge is 0.273 e. The quantitative estimate of drug-likeness (QED) is 0.839. The van der Waals surface area contributed by atoms with E-state index in [-0.39, 0.29) is 17.6 Å². The molecule has 0 spiro atoms. The molecule has 3 rings (SSSR count). The maximum absolute atomic E-state index is 14.3. The van der Waals surface area contributed by atoms with E-state index in [0.29, 0.717) is 10.6 Å². The number of nitrogens with zero attached hydrogens (tertiary/aromatic N) is 3. The lowest BCUT2D eigenvalue weighted by Gasteiger charge is -2.24. The Balaban J connectivity index is 2.11. The van der Waals surface area contributed by atoms with Gasteiger partial charge in [-0.15, -0.1) is 11.8 Å². The zero-order chi connectivity index (χ0) is 15.9. The first-order valence-electron chi connectivity index (χ1n) is 6.67. The fourth-order valence-electron chi connectivity index (χ4n) is 2.31. The predicted octanol–water partition coefficient (Wildman–Crippen LogP) is 3.66. The van der Waals surface area contributed by atoms with Gasteiger partial charge in [-0.2, -0.15) is 0 Å². The number of aromatic nitrogens is 2. The van der Waals surface area contributed by atoms with Crippen molar-refractivity contribution in [3.63, 3.8) is 0 Å². The number of hydrogen-bond donors (Lipinski definition) is 0. The summed E-state index contributed by atoms with van der Waals surface area (Å²) in [6, 6.07) is 4.73. The SMILES string of the molecule is Cc1ccnc(N2C(=O)CSC2c2c(F)ccc(C)c2Cl)n1. The maximum atomic E-state index is 14.3. The zero-order valence-electron chi connectivity index (χ0n) is 12.0. The first-order chi connectivity index (χ1) is 10.5. The predicted molar refractivity (Wildman–Crippen MR) is 85.6 cm³/mol. The van der Waals surface area contributed by atoms with Crippen LogP contribution in [0.3, 0.4) is 0 Å². The van der Waals surface area contributed by atoms with Gasteiger partial charge in [0.2, 0.25) is 11.9 Å². The van der Waals surface area contributed by atoms with Crippen molar-refractivity contribution in [2.45, 2.75) is 19.2 Å². The molecule has 4 nitrogen and oxygen atoms in total. The molecule has 22 heavy (non-hydrogen) atoms. The van der Waals surface area contributed by atoms with E-state index >= 15 is 0 Å². The number of rotatable bonds is 2. The molecule has 1 aliphatic rings. The van der Waals surface area contributed by atoms with Gasteiger partial charge in [-0.1, -0.05) is 17.7 Å². The van der Waals surface area contributed by atoms with E-state index in [1.807, 2.05) is 6.92 Å². The van der Waals surface area contributed by atoms with Gasteiger partial charge in [-0.3, -0.25) is 9.69 Å². The van der Waals surface area contributed by atoms with E-state index in [1.165, 1.54) is 22.7 Å². The van der Waals surface area contributed by atoms with Crippen LogP contribution >= 0.6 is 23.4 Å². The van der Waals surface area contributed by atoms with Crippen LogP contribution in [0.2, 0.25) is 5.02 Å². The van der Waals surface area contributed by atoms with Crippen LogP contribution in [0.25, 0.3) is 0 Å². The maximum Gasteiger partial charge on any atom is 0.240 e. The van der Waals surface area contributed by atoms with Gasteiger partial charge in [0.15, 0.2) is 0 Å². The highest BCUT2D eigenvalue weighted by molar-refractivity contribution is 8.00. The average Bonchev–Trinajstić information content (AvgIpc) is 2.85. The molecule has 1 aromatic heterocycles. The molecule has 0 N–H and O–H groups in total. The summed E-state index contributed by atoms with van der Waals surface area (Å²) in [5, 5.41) is -0.216. The molecule has 2 aromatic rings. The number of anilines is 1. The molecule has 0 saturated carbocycles. The van der Waals surface area contributed by atoms with Gasteiger partial charge < -0.3 is 0 Å². The highest BCUT2D eigenvalue weighted by atomic mass is 35.5. The van der Waals surface area contributed by atoms with Gasteiger partial charge >= 0.3 is 0 Å². The van der Waals surface area contributed by atoms with Crippen molar-refractivity contribution in [1.29, 1.82) is 0 Å². The second-order valence-electron chi connectivity index (χ2n) is 5.02. The number of carbonyl (C=O) groups is 1. The number of thioether (sulfide) groups is 1. The van der Waals surface area contributed by atoms with Crippen molar-refractivity contribution in [2.75, 3.05) is 10.7 Å².